The lowest BCUT2D eigenvalue weighted by Crippen LogP contribution is -2.53. The molecule has 21 heavy (non-hydrogen) atoms. The van der Waals surface area contributed by atoms with Gasteiger partial charge in [0.2, 0.25) is 0 Å². The molecule has 1 rings (SSSR count). The molecule has 0 aromatic rings. The predicted molar refractivity (Wildman–Crippen MR) is 82.9 cm³/mol. The highest BCUT2D eigenvalue weighted by Gasteiger charge is 2.42. The molecule has 0 aliphatic heterocycles. The number of hydrogen-bond acceptors (Lipinski definition) is 4. The molecular weight excluding hydrogens is 268 g/mol. The van der Waals surface area contributed by atoms with Gasteiger partial charge in [0.25, 0.3) is 0 Å². The minimum Gasteiger partial charge on any atom is -0.465 e. The van der Waals surface area contributed by atoms with E-state index in [-0.39, 0.29) is 11.4 Å². The predicted octanol–water partition coefficient (Wildman–Crippen LogP) is 3.57. The van der Waals surface area contributed by atoms with E-state index in [1.54, 1.807) is 0 Å². The number of esters is 1. The first-order valence-corrected chi connectivity index (χ1v) is 7.89. The first-order chi connectivity index (χ1) is 9.96. The largest absolute Gasteiger partial charge is 0.465 e. The summed E-state index contributed by atoms with van der Waals surface area (Å²) in [6, 6.07) is 0. The Bertz CT molecular complexity index is 391. The molecule has 120 valence electrons. The molecule has 1 unspecified atom stereocenters. The van der Waals surface area contributed by atoms with Crippen molar-refractivity contribution in [2.75, 3.05) is 19.7 Å². The number of nitrogens with one attached hydrogen (secondary N) is 1. The van der Waals surface area contributed by atoms with Crippen LogP contribution in [0.4, 0.5) is 0 Å². The van der Waals surface area contributed by atoms with Crippen LogP contribution >= 0.6 is 0 Å². The summed E-state index contributed by atoms with van der Waals surface area (Å²) < 4.78 is 5.30. The molecule has 1 atom stereocenters. The van der Waals surface area contributed by atoms with Crippen molar-refractivity contribution in [1.29, 1.82) is 0 Å². The molecule has 0 amide bonds. The van der Waals surface area contributed by atoms with E-state index >= 15 is 0 Å². The van der Waals surface area contributed by atoms with Crippen molar-refractivity contribution in [3.05, 3.63) is 10.4 Å². The van der Waals surface area contributed by atoms with E-state index in [0.29, 0.717) is 19.7 Å². The van der Waals surface area contributed by atoms with Gasteiger partial charge < -0.3 is 10.1 Å². The summed E-state index contributed by atoms with van der Waals surface area (Å²) in [5.74, 6) is -0.133. The summed E-state index contributed by atoms with van der Waals surface area (Å²) in [6.07, 6.45) is 5.52. The van der Waals surface area contributed by atoms with Crippen molar-refractivity contribution in [2.45, 2.75) is 64.8 Å². The van der Waals surface area contributed by atoms with Crippen LogP contribution in [-0.4, -0.2) is 31.2 Å². The normalized spacial score (nSPS) is 24.7. The Morgan fingerprint density at radius 1 is 1.33 bits per heavy atom. The van der Waals surface area contributed by atoms with Gasteiger partial charge in [-0.05, 0) is 56.5 Å². The molecule has 0 bridgehead atoms. The Morgan fingerprint density at radius 2 is 2.10 bits per heavy atom. The maximum absolute atomic E-state index is 12.4. The van der Waals surface area contributed by atoms with Crippen molar-refractivity contribution in [2.24, 2.45) is 10.5 Å². The van der Waals surface area contributed by atoms with Crippen LogP contribution in [0.5, 0.6) is 0 Å². The van der Waals surface area contributed by atoms with Gasteiger partial charge in [0.15, 0.2) is 0 Å². The Morgan fingerprint density at radius 3 is 2.76 bits per heavy atom. The summed E-state index contributed by atoms with van der Waals surface area (Å²) in [6.45, 7) is 7.89. The van der Waals surface area contributed by atoms with E-state index in [1.807, 2.05) is 6.92 Å². The Hall–Kier alpha value is -1.26. The van der Waals surface area contributed by atoms with Crippen molar-refractivity contribution >= 4 is 5.97 Å². The molecule has 0 heterocycles. The summed E-state index contributed by atoms with van der Waals surface area (Å²) in [7, 11) is 0. The zero-order chi connectivity index (χ0) is 15.8. The van der Waals surface area contributed by atoms with Gasteiger partial charge in [0.05, 0.1) is 6.61 Å². The van der Waals surface area contributed by atoms with Gasteiger partial charge >= 0.3 is 5.97 Å². The quantitative estimate of drug-likeness (QED) is 0.194. The fourth-order valence-electron chi connectivity index (χ4n) is 2.91. The van der Waals surface area contributed by atoms with Gasteiger partial charge in [-0.25, -0.2) is 0 Å². The van der Waals surface area contributed by atoms with E-state index in [2.05, 4.69) is 29.2 Å². The number of nitrogens with zero attached hydrogens (tertiary/aromatic N) is 3. The molecule has 6 nitrogen and oxygen atoms in total. The monoisotopic (exact) mass is 296 g/mol. The van der Waals surface area contributed by atoms with Crippen LogP contribution in [-0.2, 0) is 9.53 Å². The number of ether oxygens (including phenoxy) is 1. The molecule has 1 aliphatic carbocycles. The number of azide groups is 1. The number of hydrogen-bond donors (Lipinski definition) is 1. The fourth-order valence-corrected chi connectivity index (χ4v) is 2.91. The average Bonchev–Trinajstić information content (AvgIpc) is 2.59. The van der Waals surface area contributed by atoms with Crippen LogP contribution < -0.4 is 5.32 Å². The SMILES string of the molecule is CCOC(=O)C1(NCCCN=[N+]=[N-])CCCC(C)(C)CC1. The standard InChI is InChI=1S/C15H28N4O2/c1-4-21-13(20)15(17-11-6-12-18-19-16)8-5-7-14(2,3)9-10-15/h17H,4-12H2,1-3H3. The Kier molecular flexibility index (Phi) is 6.99. The van der Waals surface area contributed by atoms with Gasteiger partial charge in [0.1, 0.15) is 5.54 Å². The third kappa shape index (κ3) is 5.56. The summed E-state index contributed by atoms with van der Waals surface area (Å²) in [4.78, 5) is 15.2. The van der Waals surface area contributed by atoms with Crippen LogP contribution in [0, 0.1) is 5.41 Å². The second kappa shape index (κ2) is 8.25. The number of rotatable bonds is 7. The van der Waals surface area contributed by atoms with Gasteiger partial charge in [0, 0.05) is 11.5 Å². The molecule has 1 fully saturated rings. The maximum atomic E-state index is 12.4. The van der Waals surface area contributed by atoms with E-state index in [0.717, 1.165) is 38.5 Å². The molecule has 0 aromatic heterocycles. The summed E-state index contributed by atoms with van der Waals surface area (Å²) in [5.41, 5.74) is 7.99. The third-order valence-corrected chi connectivity index (χ3v) is 4.31. The van der Waals surface area contributed by atoms with Gasteiger partial charge in [-0.3, -0.25) is 4.79 Å². The van der Waals surface area contributed by atoms with Crippen molar-refractivity contribution in [3.63, 3.8) is 0 Å². The van der Waals surface area contributed by atoms with Crippen LogP contribution in [0.3, 0.4) is 0 Å². The van der Waals surface area contributed by atoms with Crippen molar-refractivity contribution in [1.82, 2.24) is 5.32 Å². The molecular formula is C15H28N4O2. The summed E-state index contributed by atoms with van der Waals surface area (Å²) >= 11 is 0. The number of carbonyl (C=O) groups is 1. The molecule has 1 saturated carbocycles. The van der Waals surface area contributed by atoms with Crippen molar-refractivity contribution < 1.29 is 9.53 Å². The van der Waals surface area contributed by atoms with E-state index < -0.39 is 5.54 Å². The molecule has 0 spiro atoms. The molecule has 0 aromatic carbocycles. The zero-order valence-corrected chi connectivity index (χ0v) is 13.5. The van der Waals surface area contributed by atoms with E-state index in [1.165, 1.54) is 0 Å². The van der Waals surface area contributed by atoms with Crippen molar-refractivity contribution in [3.8, 4) is 0 Å². The first kappa shape index (κ1) is 17.8. The highest BCUT2D eigenvalue weighted by atomic mass is 16.5. The number of carbonyl (C=O) groups excluding carboxylic acids is 1. The highest BCUT2D eigenvalue weighted by Crippen LogP contribution is 2.38. The minimum atomic E-state index is -0.569. The molecule has 1 aliphatic rings. The minimum absolute atomic E-state index is 0.133. The van der Waals surface area contributed by atoms with Crippen LogP contribution in [0.15, 0.2) is 5.11 Å². The first-order valence-electron chi connectivity index (χ1n) is 7.89. The van der Waals surface area contributed by atoms with Crippen LogP contribution in [0.1, 0.15) is 59.3 Å². The lowest BCUT2D eigenvalue weighted by atomic mass is 9.83. The second-order valence-corrected chi connectivity index (χ2v) is 6.56. The molecule has 6 heteroatoms. The average molecular weight is 296 g/mol. The van der Waals surface area contributed by atoms with Gasteiger partial charge in [-0.15, -0.1) is 0 Å². The highest BCUT2D eigenvalue weighted by molar-refractivity contribution is 5.81. The van der Waals surface area contributed by atoms with E-state index in [4.69, 9.17) is 10.3 Å². The Balaban J connectivity index is 2.70. The lowest BCUT2D eigenvalue weighted by Gasteiger charge is -2.32. The third-order valence-electron chi connectivity index (χ3n) is 4.31. The summed E-state index contributed by atoms with van der Waals surface area (Å²) in [5, 5.41) is 6.92. The van der Waals surface area contributed by atoms with Gasteiger partial charge in [-0.1, -0.05) is 25.4 Å². The smallest absolute Gasteiger partial charge is 0.326 e. The second-order valence-electron chi connectivity index (χ2n) is 6.56. The van der Waals surface area contributed by atoms with Crippen LogP contribution in [0.2, 0.25) is 0 Å². The fraction of sp³-hybridized carbons (Fsp3) is 0.933. The molecule has 0 saturated heterocycles. The molecule has 0 radical (unpaired) electrons. The lowest BCUT2D eigenvalue weighted by molar-refractivity contribution is -0.152. The zero-order valence-electron chi connectivity index (χ0n) is 13.5. The maximum Gasteiger partial charge on any atom is 0.326 e. The Labute approximate surface area is 127 Å². The van der Waals surface area contributed by atoms with Gasteiger partial charge in [-0.2, -0.15) is 0 Å². The topological polar surface area (TPSA) is 87.1 Å². The van der Waals surface area contributed by atoms with E-state index in [9.17, 15) is 4.79 Å². The molecule has 1 N–H and O–H groups in total. The van der Waals surface area contributed by atoms with Crippen LogP contribution in [0.25, 0.3) is 10.4 Å².